The molecule has 1 saturated heterocycles. The summed E-state index contributed by atoms with van der Waals surface area (Å²) in [5.41, 5.74) is 1.12. The van der Waals surface area contributed by atoms with Crippen molar-refractivity contribution in [2.24, 2.45) is 4.99 Å². The Kier molecular flexibility index (Phi) is 8.77. The topological polar surface area (TPSA) is 58.1 Å². The van der Waals surface area contributed by atoms with E-state index >= 15 is 0 Å². The van der Waals surface area contributed by atoms with Gasteiger partial charge in [-0.15, -0.1) is 24.0 Å². The maximum absolute atomic E-state index is 5.44. The first-order valence-corrected chi connectivity index (χ1v) is 9.45. The second-order valence-corrected chi connectivity index (χ2v) is 6.57. The molecule has 2 heterocycles. The number of hydrogen-bond acceptors (Lipinski definition) is 4. The highest BCUT2D eigenvalue weighted by Crippen LogP contribution is 2.32. The third-order valence-corrected chi connectivity index (χ3v) is 4.83. The molecule has 1 atom stereocenters. The largest absolute Gasteiger partial charge is 0.454 e. The van der Waals surface area contributed by atoms with Crippen LogP contribution in [0, 0.1) is 0 Å². The summed E-state index contributed by atoms with van der Waals surface area (Å²) in [6.45, 7) is 9.53. The highest BCUT2D eigenvalue weighted by atomic mass is 127. The molecule has 1 unspecified atom stereocenters. The third-order valence-electron chi connectivity index (χ3n) is 4.83. The Bertz CT molecular complexity index is 591. The second kappa shape index (κ2) is 10.8. The van der Waals surface area contributed by atoms with Gasteiger partial charge in [0.15, 0.2) is 17.5 Å². The second-order valence-electron chi connectivity index (χ2n) is 6.57. The maximum Gasteiger partial charge on any atom is 0.231 e. The zero-order chi connectivity index (χ0) is 17.5. The predicted octanol–water partition coefficient (Wildman–Crippen LogP) is 2.96. The number of ether oxygens (including phenoxy) is 2. The van der Waals surface area contributed by atoms with E-state index in [1.54, 1.807) is 0 Å². The van der Waals surface area contributed by atoms with Gasteiger partial charge in [-0.2, -0.15) is 0 Å². The summed E-state index contributed by atoms with van der Waals surface area (Å²) in [6, 6.07) is 6.58. The number of hydrogen-bond donors (Lipinski definition) is 2. The normalized spacial score (nSPS) is 17.7. The molecule has 0 aromatic heterocycles. The molecule has 6 nitrogen and oxygen atoms in total. The van der Waals surface area contributed by atoms with Crippen LogP contribution in [-0.2, 0) is 6.54 Å². The van der Waals surface area contributed by atoms with Crippen molar-refractivity contribution < 1.29 is 9.47 Å². The van der Waals surface area contributed by atoms with E-state index in [4.69, 9.17) is 14.5 Å². The maximum atomic E-state index is 5.44. The van der Waals surface area contributed by atoms with E-state index in [1.807, 2.05) is 18.2 Å². The lowest BCUT2D eigenvalue weighted by molar-refractivity contribution is 0.174. The lowest BCUT2D eigenvalue weighted by Gasteiger charge is -2.27. The molecular formula is C19H31IN4O2. The van der Waals surface area contributed by atoms with Crippen molar-refractivity contribution in [3.63, 3.8) is 0 Å². The molecule has 0 bridgehead atoms. The van der Waals surface area contributed by atoms with Gasteiger partial charge in [0.25, 0.3) is 0 Å². The van der Waals surface area contributed by atoms with E-state index < -0.39 is 0 Å². The molecule has 0 amide bonds. The van der Waals surface area contributed by atoms with Crippen molar-refractivity contribution in [3.8, 4) is 11.5 Å². The minimum atomic E-state index is 0. The number of likely N-dealkylation sites (tertiary alicyclic amines) is 1. The van der Waals surface area contributed by atoms with Gasteiger partial charge >= 0.3 is 0 Å². The number of fused-ring (bicyclic) bond motifs is 1. The molecule has 0 saturated carbocycles. The molecule has 0 spiro atoms. The van der Waals surface area contributed by atoms with Crippen molar-refractivity contribution in [2.75, 3.05) is 33.0 Å². The number of nitrogens with zero attached hydrogens (tertiary/aromatic N) is 2. The Labute approximate surface area is 173 Å². The molecule has 1 aromatic carbocycles. The van der Waals surface area contributed by atoms with Gasteiger partial charge in [0.05, 0.1) is 6.54 Å². The van der Waals surface area contributed by atoms with Gasteiger partial charge < -0.3 is 20.1 Å². The first-order valence-electron chi connectivity index (χ1n) is 9.45. The van der Waals surface area contributed by atoms with Crippen molar-refractivity contribution in [1.82, 2.24) is 15.5 Å². The van der Waals surface area contributed by atoms with Gasteiger partial charge in [-0.1, -0.05) is 13.0 Å². The van der Waals surface area contributed by atoms with Crippen molar-refractivity contribution >= 4 is 29.9 Å². The fraction of sp³-hybridized carbons (Fsp3) is 0.632. The molecule has 2 N–H and O–H groups in total. The van der Waals surface area contributed by atoms with Crippen molar-refractivity contribution in [3.05, 3.63) is 23.8 Å². The van der Waals surface area contributed by atoms with Gasteiger partial charge in [0, 0.05) is 19.1 Å². The zero-order valence-corrected chi connectivity index (χ0v) is 18.1. The lowest BCUT2D eigenvalue weighted by atomic mass is 10.2. The zero-order valence-electron chi connectivity index (χ0n) is 15.8. The monoisotopic (exact) mass is 474 g/mol. The lowest BCUT2D eigenvalue weighted by Crippen LogP contribution is -2.46. The van der Waals surface area contributed by atoms with Crippen molar-refractivity contribution in [1.29, 1.82) is 0 Å². The van der Waals surface area contributed by atoms with E-state index in [2.05, 4.69) is 29.4 Å². The minimum Gasteiger partial charge on any atom is -0.454 e. The predicted molar refractivity (Wildman–Crippen MR) is 116 cm³/mol. The van der Waals surface area contributed by atoms with E-state index in [9.17, 15) is 0 Å². The SMILES string of the molecule is CCNC(=NCc1ccc2c(c1)OCO2)NCC(CC)N1CCCC1.I. The van der Waals surface area contributed by atoms with Gasteiger partial charge in [-0.25, -0.2) is 4.99 Å². The fourth-order valence-corrected chi connectivity index (χ4v) is 3.40. The smallest absolute Gasteiger partial charge is 0.231 e. The molecule has 2 aliphatic rings. The molecular weight excluding hydrogens is 443 g/mol. The summed E-state index contributed by atoms with van der Waals surface area (Å²) in [5, 5.41) is 6.85. The third kappa shape index (κ3) is 5.64. The van der Waals surface area contributed by atoms with Crippen molar-refractivity contribution in [2.45, 2.75) is 45.7 Å². The summed E-state index contributed by atoms with van der Waals surface area (Å²) >= 11 is 0. The Balaban J connectivity index is 0.00000243. The van der Waals surface area contributed by atoms with E-state index in [0.29, 0.717) is 19.4 Å². The molecule has 1 aromatic rings. The van der Waals surface area contributed by atoms with Crippen LogP contribution in [0.4, 0.5) is 0 Å². The summed E-state index contributed by atoms with van der Waals surface area (Å²) in [5.74, 6) is 2.50. The standard InChI is InChI=1S/C19H30N4O2.HI/c1-3-16(23-9-5-6-10-23)13-22-19(20-4-2)21-12-15-7-8-17-18(11-15)25-14-24-17;/h7-8,11,16H,3-6,9-10,12-14H2,1-2H3,(H2,20,21,22);1H. The van der Waals surface area contributed by atoms with Crippen LogP contribution in [0.5, 0.6) is 11.5 Å². The molecule has 26 heavy (non-hydrogen) atoms. The number of guanidine groups is 1. The van der Waals surface area contributed by atoms with Crippen LogP contribution in [-0.4, -0.2) is 49.9 Å². The van der Waals surface area contributed by atoms with E-state index in [-0.39, 0.29) is 24.0 Å². The number of benzene rings is 1. The van der Waals surface area contributed by atoms with Crippen LogP contribution >= 0.6 is 24.0 Å². The quantitative estimate of drug-likeness (QED) is 0.362. The Morgan fingerprint density at radius 3 is 2.65 bits per heavy atom. The van der Waals surface area contributed by atoms with Gasteiger partial charge in [-0.3, -0.25) is 4.90 Å². The summed E-state index contributed by atoms with van der Waals surface area (Å²) < 4.78 is 10.8. The first kappa shape index (κ1) is 21.1. The van der Waals surface area contributed by atoms with E-state index in [0.717, 1.165) is 42.5 Å². The average molecular weight is 474 g/mol. The molecule has 2 aliphatic heterocycles. The first-order chi connectivity index (χ1) is 12.3. The van der Waals surface area contributed by atoms with Crippen LogP contribution in [0.2, 0.25) is 0 Å². The van der Waals surface area contributed by atoms with Crippen LogP contribution in [0.25, 0.3) is 0 Å². The fourth-order valence-electron chi connectivity index (χ4n) is 3.40. The molecule has 146 valence electrons. The molecule has 0 aliphatic carbocycles. The van der Waals surface area contributed by atoms with E-state index in [1.165, 1.54) is 25.9 Å². The summed E-state index contributed by atoms with van der Waals surface area (Å²) in [7, 11) is 0. The van der Waals surface area contributed by atoms with Gasteiger partial charge in [-0.05, 0) is 57.0 Å². The van der Waals surface area contributed by atoms with Crippen LogP contribution < -0.4 is 20.1 Å². The van der Waals surface area contributed by atoms with Crippen LogP contribution in [0.3, 0.4) is 0 Å². The van der Waals surface area contributed by atoms with Gasteiger partial charge in [0.1, 0.15) is 0 Å². The minimum absolute atomic E-state index is 0. The Morgan fingerprint density at radius 2 is 1.92 bits per heavy atom. The summed E-state index contributed by atoms with van der Waals surface area (Å²) in [4.78, 5) is 7.31. The summed E-state index contributed by atoms with van der Waals surface area (Å²) in [6.07, 6.45) is 3.82. The number of aliphatic imine (C=N–C) groups is 1. The number of halogens is 1. The Morgan fingerprint density at radius 1 is 1.15 bits per heavy atom. The number of nitrogens with one attached hydrogen (secondary N) is 2. The number of rotatable bonds is 7. The van der Waals surface area contributed by atoms with Crippen LogP contribution in [0.15, 0.2) is 23.2 Å². The average Bonchev–Trinajstić information content (AvgIpc) is 3.31. The molecule has 0 radical (unpaired) electrons. The highest BCUT2D eigenvalue weighted by molar-refractivity contribution is 14.0. The van der Waals surface area contributed by atoms with Crippen LogP contribution in [0.1, 0.15) is 38.7 Å². The molecule has 7 heteroatoms. The molecule has 1 fully saturated rings. The van der Waals surface area contributed by atoms with Gasteiger partial charge in [0.2, 0.25) is 6.79 Å². The Hall–Kier alpha value is -1.22. The molecule has 3 rings (SSSR count). The highest BCUT2D eigenvalue weighted by Gasteiger charge is 2.20.